The van der Waals surface area contributed by atoms with E-state index in [1.807, 2.05) is 0 Å². The fourth-order valence-corrected chi connectivity index (χ4v) is 5.32. The summed E-state index contributed by atoms with van der Waals surface area (Å²) in [4.78, 5) is 34.5. The molecule has 0 bridgehead atoms. The van der Waals surface area contributed by atoms with Crippen molar-refractivity contribution in [3.63, 3.8) is 0 Å². The highest BCUT2D eigenvalue weighted by Crippen LogP contribution is 2.25. The van der Waals surface area contributed by atoms with Crippen LogP contribution in [0, 0.1) is 0 Å². The molecule has 32 heavy (non-hydrogen) atoms. The minimum Gasteiger partial charge on any atom is -0.450 e. The minimum atomic E-state index is -3.73. The Morgan fingerprint density at radius 1 is 1.06 bits per heavy atom. The van der Waals surface area contributed by atoms with Crippen LogP contribution in [0.2, 0.25) is 0 Å². The maximum absolute atomic E-state index is 13.0. The topological polar surface area (TPSA) is 122 Å². The second-order valence-corrected chi connectivity index (χ2v) is 9.51. The molecule has 1 fully saturated rings. The molecule has 1 aromatic heterocycles. The molecule has 170 valence electrons. The van der Waals surface area contributed by atoms with Crippen molar-refractivity contribution in [1.29, 1.82) is 0 Å². The number of ether oxygens (including phenoxy) is 1. The molecule has 1 aliphatic carbocycles. The van der Waals surface area contributed by atoms with Crippen LogP contribution < -0.4 is 5.32 Å². The average molecular weight is 460 g/mol. The quantitative estimate of drug-likeness (QED) is 0.722. The number of aromatic nitrogens is 2. The van der Waals surface area contributed by atoms with Crippen LogP contribution in [0.3, 0.4) is 0 Å². The fourth-order valence-electron chi connectivity index (χ4n) is 3.90. The van der Waals surface area contributed by atoms with Gasteiger partial charge < -0.3 is 15.0 Å². The maximum atomic E-state index is 13.0. The lowest BCUT2D eigenvalue weighted by Crippen LogP contribution is -2.50. The van der Waals surface area contributed by atoms with Gasteiger partial charge in [-0.05, 0) is 50.5 Å². The molecule has 1 N–H and O–H groups in total. The number of hydrogen-bond acceptors (Lipinski definition) is 7. The number of aryl methyl sites for hydroxylation is 1. The number of piperazine rings is 1. The van der Waals surface area contributed by atoms with Gasteiger partial charge in [0.1, 0.15) is 12.1 Å². The van der Waals surface area contributed by atoms with Crippen molar-refractivity contribution >= 4 is 27.8 Å². The standard InChI is InChI=1S/C21H25N5O5S/c1-2-31-21(28)25-10-12-26(13-11-25)32(29,30)16-8-6-15(7-9-16)20(27)24-19-17-4-3-5-18(17)22-14-23-19/h6-9,14H,2-5,10-13H2,1H3,(H,22,23,24,27). The first-order chi connectivity index (χ1) is 15.4. The van der Waals surface area contributed by atoms with Crippen LogP contribution in [0.4, 0.5) is 10.6 Å². The van der Waals surface area contributed by atoms with E-state index < -0.39 is 16.1 Å². The molecule has 0 unspecified atom stereocenters. The van der Waals surface area contributed by atoms with E-state index in [0.29, 0.717) is 11.4 Å². The van der Waals surface area contributed by atoms with Gasteiger partial charge in [0.05, 0.1) is 11.5 Å². The SMILES string of the molecule is CCOC(=O)N1CCN(S(=O)(=O)c2ccc(C(=O)Nc3ncnc4c3CCC4)cc2)CC1. The molecule has 2 heterocycles. The first-order valence-corrected chi connectivity index (χ1v) is 12.0. The van der Waals surface area contributed by atoms with Crippen LogP contribution in [0.5, 0.6) is 0 Å². The van der Waals surface area contributed by atoms with E-state index in [1.54, 1.807) is 6.92 Å². The monoisotopic (exact) mass is 459 g/mol. The van der Waals surface area contributed by atoms with E-state index in [9.17, 15) is 18.0 Å². The number of nitrogens with one attached hydrogen (secondary N) is 1. The molecule has 0 saturated carbocycles. The number of nitrogens with zero attached hydrogens (tertiary/aromatic N) is 4. The lowest BCUT2D eigenvalue weighted by molar-refractivity contribution is 0.0933. The van der Waals surface area contributed by atoms with Crippen LogP contribution >= 0.6 is 0 Å². The van der Waals surface area contributed by atoms with E-state index in [1.165, 1.54) is 39.8 Å². The molecule has 0 atom stereocenters. The van der Waals surface area contributed by atoms with Crippen LogP contribution in [-0.2, 0) is 27.6 Å². The van der Waals surface area contributed by atoms with Crippen LogP contribution in [-0.4, -0.2) is 72.4 Å². The molecule has 2 amide bonds. The zero-order chi connectivity index (χ0) is 22.7. The molecular weight excluding hydrogens is 434 g/mol. The van der Waals surface area contributed by atoms with Gasteiger partial charge in [0.15, 0.2) is 0 Å². The number of hydrogen-bond donors (Lipinski definition) is 1. The predicted octanol–water partition coefficient (Wildman–Crippen LogP) is 1.68. The van der Waals surface area contributed by atoms with Gasteiger partial charge in [-0.25, -0.2) is 23.2 Å². The smallest absolute Gasteiger partial charge is 0.409 e. The molecule has 0 radical (unpaired) electrons. The van der Waals surface area contributed by atoms with E-state index in [-0.39, 0.29) is 43.6 Å². The number of amides is 2. The lowest BCUT2D eigenvalue weighted by Gasteiger charge is -2.33. The van der Waals surface area contributed by atoms with Crippen LogP contribution in [0.25, 0.3) is 0 Å². The number of benzene rings is 1. The first-order valence-electron chi connectivity index (χ1n) is 10.6. The second-order valence-electron chi connectivity index (χ2n) is 7.57. The van der Waals surface area contributed by atoms with Crippen molar-refractivity contribution in [2.75, 3.05) is 38.1 Å². The van der Waals surface area contributed by atoms with Crippen molar-refractivity contribution in [3.8, 4) is 0 Å². The third-order valence-corrected chi connectivity index (χ3v) is 7.54. The first kappa shape index (κ1) is 22.2. The molecule has 2 aromatic rings. The summed E-state index contributed by atoms with van der Waals surface area (Å²) in [5, 5.41) is 2.81. The summed E-state index contributed by atoms with van der Waals surface area (Å²) < 4.78 is 32.2. The van der Waals surface area contributed by atoms with E-state index in [2.05, 4.69) is 15.3 Å². The van der Waals surface area contributed by atoms with E-state index in [0.717, 1.165) is 30.5 Å². The molecule has 10 nitrogen and oxygen atoms in total. The molecule has 1 saturated heterocycles. The Bertz CT molecular complexity index is 1110. The Labute approximate surface area is 186 Å². The summed E-state index contributed by atoms with van der Waals surface area (Å²) >= 11 is 0. The average Bonchev–Trinajstić information content (AvgIpc) is 3.29. The summed E-state index contributed by atoms with van der Waals surface area (Å²) in [6, 6.07) is 5.82. The Balaban J connectivity index is 1.41. The molecule has 1 aliphatic heterocycles. The van der Waals surface area contributed by atoms with Crippen LogP contribution in [0.15, 0.2) is 35.5 Å². The second kappa shape index (κ2) is 9.21. The lowest BCUT2D eigenvalue weighted by atomic mass is 10.2. The van der Waals surface area contributed by atoms with Crippen molar-refractivity contribution in [2.24, 2.45) is 0 Å². The number of sulfonamides is 1. The molecule has 0 spiro atoms. The van der Waals surface area contributed by atoms with E-state index in [4.69, 9.17) is 4.74 Å². The van der Waals surface area contributed by atoms with E-state index >= 15 is 0 Å². The Kier molecular flexibility index (Phi) is 6.38. The van der Waals surface area contributed by atoms with Gasteiger partial charge in [0.2, 0.25) is 10.0 Å². The number of carbonyl (C=O) groups is 2. The summed E-state index contributed by atoms with van der Waals surface area (Å²) in [6.07, 6.45) is 3.69. The summed E-state index contributed by atoms with van der Waals surface area (Å²) in [7, 11) is -3.73. The van der Waals surface area contributed by atoms with Crippen molar-refractivity contribution < 1.29 is 22.7 Å². The van der Waals surface area contributed by atoms with Gasteiger partial charge in [-0.2, -0.15) is 4.31 Å². The molecule has 11 heteroatoms. The van der Waals surface area contributed by atoms with Gasteiger partial charge in [-0.1, -0.05) is 0 Å². The highest BCUT2D eigenvalue weighted by atomic mass is 32.2. The summed E-state index contributed by atoms with van der Waals surface area (Å²) in [5.41, 5.74) is 2.25. The number of carbonyl (C=O) groups excluding carboxylic acids is 2. The molecule has 1 aromatic carbocycles. The number of anilines is 1. The van der Waals surface area contributed by atoms with Gasteiger partial charge >= 0.3 is 6.09 Å². The zero-order valence-corrected chi connectivity index (χ0v) is 18.6. The normalized spacial score (nSPS) is 16.5. The third kappa shape index (κ3) is 4.44. The largest absolute Gasteiger partial charge is 0.450 e. The van der Waals surface area contributed by atoms with Gasteiger partial charge in [-0.3, -0.25) is 4.79 Å². The Morgan fingerprint density at radius 3 is 2.47 bits per heavy atom. The van der Waals surface area contributed by atoms with Gasteiger partial charge in [0.25, 0.3) is 5.91 Å². The fraction of sp³-hybridized carbons (Fsp3) is 0.429. The minimum absolute atomic E-state index is 0.0987. The highest BCUT2D eigenvalue weighted by molar-refractivity contribution is 7.89. The molecule has 2 aliphatic rings. The van der Waals surface area contributed by atoms with Crippen molar-refractivity contribution in [1.82, 2.24) is 19.2 Å². The Hall–Kier alpha value is -3.05. The maximum Gasteiger partial charge on any atom is 0.409 e. The molecular formula is C21H25N5O5S. The third-order valence-electron chi connectivity index (χ3n) is 5.63. The predicted molar refractivity (Wildman–Crippen MR) is 116 cm³/mol. The highest BCUT2D eigenvalue weighted by Gasteiger charge is 2.30. The summed E-state index contributed by atoms with van der Waals surface area (Å²) in [5.74, 6) is 0.151. The molecule has 4 rings (SSSR count). The number of rotatable bonds is 5. The van der Waals surface area contributed by atoms with Crippen molar-refractivity contribution in [3.05, 3.63) is 47.4 Å². The van der Waals surface area contributed by atoms with Crippen molar-refractivity contribution in [2.45, 2.75) is 31.1 Å². The number of fused-ring (bicyclic) bond motifs is 1. The zero-order valence-electron chi connectivity index (χ0n) is 17.8. The summed E-state index contributed by atoms with van der Waals surface area (Å²) in [6.45, 7) is 2.90. The Morgan fingerprint density at radius 2 is 1.78 bits per heavy atom. The van der Waals surface area contributed by atoms with Crippen LogP contribution in [0.1, 0.15) is 35.0 Å². The van der Waals surface area contributed by atoms with Gasteiger partial charge in [-0.15, -0.1) is 0 Å². The van der Waals surface area contributed by atoms with Gasteiger partial charge in [0, 0.05) is 43.0 Å².